The van der Waals surface area contributed by atoms with Crippen LogP contribution in [0.1, 0.15) is 70.5 Å². The van der Waals surface area contributed by atoms with Crippen molar-refractivity contribution in [3.63, 3.8) is 0 Å². The normalized spacial score (nSPS) is 30.4. The van der Waals surface area contributed by atoms with Crippen LogP contribution in [-0.4, -0.2) is 80.9 Å². The molecule has 204 valence electrons. The lowest BCUT2D eigenvalue weighted by Crippen LogP contribution is -2.52. The van der Waals surface area contributed by atoms with Gasteiger partial charge in [-0.2, -0.15) is 0 Å². The van der Waals surface area contributed by atoms with Crippen LogP contribution in [0.3, 0.4) is 0 Å². The van der Waals surface area contributed by atoms with Gasteiger partial charge >= 0.3 is 0 Å². The average molecular weight is 529 g/mol. The second-order valence-corrected chi connectivity index (χ2v) is 10.3. The third-order valence-corrected chi connectivity index (χ3v) is 7.84. The highest BCUT2D eigenvalue weighted by atomic mass is 16.7. The molecule has 38 heavy (non-hydrogen) atoms. The van der Waals surface area contributed by atoms with Crippen molar-refractivity contribution in [3.8, 4) is 17.2 Å². The molecule has 5 rings (SSSR count). The van der Waals surface area contributed by atoms with Crippen molar-refractivity contribution in [2.24, 2.45) is 5.73 Å². The van der Waals surface area contributed by atoms with Crippen molar-refractivity contribution >= 4 is 11.5 Å². The van der Waals surface area contributed by atoms with Gasteiger partial charge in [0.1, 0.15) is 17.2 Å². The molecule has 0 spiro atoms. The van der Waals surface area contributed by atoms with Gasteiger partial charge < -0.3 is 45.5 Å². The number of phenols is 2. The van der Waals surface area contributed by atoms with Crippen LogP contribution >= 0.6 is 0 Å². The maximum Gasteiger partial charge on any atom is 0.198 e. The lowest BCUT2D eigenvalue weighted by Gasteiger charge is -2.43. The van der Waals surface area contributed by atoms with Crippen molar-refractivity contribution in [3.05, 3.63) is 51.6 Å². The SMILES string of the molecule is COc1cccc2c1C(=N)c1c(O)c3c(c(O)c1C2=O)C[C@@](O)(CCO)C[C@@H]3O[C@H]1C[C@H](N)[C@H](O)[C@H](C)O1. The predicted octanol–water partition coefficient (Wildman–Crippen LogP) is 1.01. The van der Waals surface area contributed by atoms with Crippen LogP contribution in [0.25, 0.3) is 0 Å². The highest BCUT2D eigenvalue weighted by Gasteiger charge is 2.47. The molecule has 0 aromatic heterocycles. The van der Waals surface area contributed by atoms with Crippen LogP contribution in [-0.2, 0) is 15.9 Å². The molecule has 1 fully saturated rings. The van der Waals surface area contributed by atoms with E-state index >= 15 is 0 Å². The van der Waals surface area contributed by atoms with Crippen molar-refractivity contribution in [1.29, 1.82) is 5.41 Å². The van der Waals surface area contributed by atoms with Gasteiger partial charge in [-0.3, -0.25) is 10.2 Å². The number of rotatable bonds is 5. The zero-order valence-electron chi connectivity index (χ0n) is 21.1. The molecule has 0 amide bonds. The van der Waals surface area contributed by atoms with E-state index in [2.05, 4.69) is 0 Å². The minimum Gasteiger partial charge on any atom is -0.507 e. The molecule has 1 saturated heterocycles. The van der Waals surface area contributed by atoms with Crippen LogP contribution in [0.15, 0.2) is 18.2 Å². The highest BCUT2D eigenvalue weighted by Crippen LogP contribution is 2.52. The Bertz CT molecular complexity index is 1300. The lowest BCUT2D eigenvalue weighted by molar-refractivity contribution is -0.248. The zero-order valence-corrected chi connectivity index (χ0v) is 21.1. The Kier molecular flexibility index (Phi) is 6.70. The number of aliphatic hydroxyl groups is 3. The monoisotopic (exact) mass is 528 g/mol. The van der Waals surface area contributed by atoms with Crippen LogP contribution in [0.5, 0.6) is 17.2 Å². The molecule has 0 bridgehead atoms. The maximum absolute atomic E-state index is 13.6. The van der Waals surface area contributed by atoms with Gasteiger partial charge in [0.15, 0.2) is 12.1 Å². The third-order valence-electron chi connectivity index (χ3n) is 7.84. The van der Waals surface area contributed by atoms with E-state index < -0.39 is 53.5 Å². The minimum absolute atomic E-state index is 0.0481. The molecular formula is C27H32N2O9. The number of hydrogen-bond donors (Lipinski definition) is 7. The topological polar surface area (TPSA) is 196 Å². The smallest absolute Gasteiger partial charge is 0.198 e. The first kappa shape index (κ1) is 26.5. The van der Waals surface area contributed by atoms with Gasteiger partial charge in [-0.15, -0.1) is 0 Å². The minimum atomic E-state index is -1.53. The summed E-state index contributed by atoms with van der Waals surface area (Å²) < 4.78 is 17.3. The Labute approximate surface area is 218 Å². The van der Waals surface area contributed by atoms with Crippen LogP contribution in [0, 0.1) is 5.41 Å². The number of hydrogen-bond acceptors (Lipinski definition) is 11. The van der Waals surface area contributed by atoms with Gasteiger partial charge in [-0.05, 0) is 19.4 Å². The lowest BCUT2D eigenvalue weighted by atomic mass is 9.72. The molecule has 2 aromatic carbocycles. The Morgan fingerprint density at radius 1 is 1.21 bits per heavy atom. The number of methoxy groups -OCH3 is 1. The number of ketones is 1. The van der Waals surface area contributed by atoms with E-state index in [-0.39, 0.29) is 77.1 Å². The summed E-state index contributed by atoms with van der Waals surface area (Å²) in [6.45, 7) is 1.30. The fourth-order valence-corrected chi connectivity index (χ4v) is 5.91. The number of phenolic OH excluding ortho intramolecular Hbond substituents is 2. The van der Waals surface area contributed by atoms with Crippen molar-refractivity contribution in [2.45, 2.75) is 68.9 Å². The first-order chi connectivity index (χ1) is 18.0. The summed E-state index contributed by atoms with van der Waals surface area (Å²) in [4.78, 5) is 13.6. The molecule has 11 nitrogen and oxygen atoms in total. The largest absolute Gasteiger partial charge is 0.507 e. The number of aliphatic hydroxyl groups excluding tert-OH is 2. The molecule has 3 aliphatic rings. The van der Waals surface area contributed by atoms with Gasteiger partial charge in [-0.1, -0.05) is 12.1 Å². The number of nitrogens with two attached hydrogens (primary N) is 1. The fraction of sp³-hybridized carbons (Fsp3) is 0.481. The van der Waals surface area contributed by atoms with E-state index in [9.17, 15) is 30.3 Å². The van der Waals surface area contributed by atoms with Gasteiger partial charge in [0.05, 0.1) is 53.4 Å². The first-order valence-electron chi connectivity index (χ1n) is 12.5. The molecule has 2 aromatic rings. The molecule has 0 radical (unpaired) electrons. The predicted molar refractivity (Wildman–Crippen MR) is 134 cm³/mol. The Morgan fingerprint density at radius 2 is 1.95 bits per heavy atom. The molecule has 1 aliphatic heterocycles. The van der Waals surface area contributed by atoms with Crippen molar-refractivity contribution in [1.82, 2.24) is 0 Å². The van der Waals surface area contributed by atoms with Gasteiger partial charge in [0.2, 0.25) is 0 Å². The molecule has 1 heterocycles. The van der Waals surface area contributed by atoms with Gasteiger partial charge in [0.25, 0.3) is 0 Å². The van der Waals surface area contributed by atoms with E-state index in [1.165, 1.54) is 13.2 Å². The number of benzene rings is 2. The van der Waals surface area contributed by atoms with E-state index in [1.54, 1.807) is 19.1 Å². The quantitative estimate of drug-likeness (QED) is 0.235. The number of carbonyl (C=O) groups excluding carboxylic acids is 1. The summed E-state index contributed by atoms with van der Waals surface area (Å²) in [5.41, 5.74) is 4.46. The van der Waals surface area contributed by atoms with Crippen molar-refractivity contribution in [2.75, 3.05) is 13.7 Å². The fourth-order valence-electron chi connectivity index (χ4n) is 5.91. The summed E-state index contributed by atoms with van der Waals surface area (Å²) in [6.07, 6.45) is -3.64. The average Bonchev–Trinajstić information content (AvgIpc) is 2.87. The number of carbonyl (C=O) groups is 1. The Hall–Kier alpha value is -3.06. The summed E-state index contributed by atoms with van der Waals surface area (Å²) >= 11 is 0. The number of fused-ring (bicyclic) bond motifs is 3. The van der Waals surface area contributed by atoms with Crippen molar-refractivity contribution < 1.29 is 44.5 Å². The molecule has 11 heteroatoms. The Balaban J connectivity index is 1.66. The number of ether oxygens (including phenoxy) is 3. The Morgan fingerprint density at radius 3 is 2.61 bits per heavy atom. The summed E-state index contributed by atoms with van der Waals surface area (Å²) in [5.74, 6) is -1.22. The molecule has 8 N–H and O–H groups in total. The second-order valence-electron chi connectivity index (χ2n) is 10.3. The summed E-state index contributed by atoms with van der Waals surface area (Å²) in [5, 5.41) is 63.0. The van der Waals surface area contributed by atoms with Crippen LogP contribution < -0.4 is 10.5 Å². The summed E-state index contributed by atoms with van der Waals surface area (Å²) in [6, 6.07) is 4.07. The maximum atomic E-state index is 13.6. The molecule has 2 aliphatic carbocycles. The highest BCUT2D eigenvalue weighted by molar-refractivity contribution is 6.32. The first-order valence-corrected chi connectivity index (χ1v) is 12.5. The standard InChI is InChI=1S/C27H32N2O9/c1-11-23(31)14(28)8-17(37-11)38-16-10-27(35,6-7-30)9-13-19(16)26(34)20-21(25(13)33)24(32)12-4-3-5-15(36-2)18(12)22(20)29/h3-5,11,14,16-17,23,29-31,33-35H,6-10,28H2,1-2H3/t11-,14-,16-,17-,23+,27-/m0/s1. The zero-order chi connectivity index (χ0) is 27.5. The molecule has 6 atom stereocenters. The molecular weight excluding hydrogens is 496 g/mol. The number of nitrogens with one attached hydrogen (secondary N) is 1. The van der Waals surface area contributed by atoms with Gasteiger partial charge in [-0.25, -0.2) is 0 Å². The van der Waals surface area contributed by atoms with E-state index in [4.69, 9.17) is 25.4 Å². The third kappa shape index (κ3) is 4.06. The van der Waals surface area contributed by atoms with E-state index in [1.807, 2.05) is 0 Å². The van der Waals surface area contributed by atoms with E-state index in [0.29, 0.717) is 0 Å². The molecule has 0 saturated carbocycles. The second kappa shape index (κ2) is 9.60. The number of aromatic hydroxyl groups is 2. The van der Waals surface area contributed by atoms with Gasteiger partial charge in [0, 0.05) is 48.6 Å². The van der Waals surface area contributed by atoms with Crippen LogP contribution in [0.4, 0.5) is 0 Å². The van der Waals surface area contributed by atoms with E-state index in [0.717, 1.165) is 0 Å². The van der Waals surface area contributed by atoms with Crippen LogP contribution in [0.2, 0.25) is 0 Å². The molecule has 0 unspecified atom stereocenters. The summed E-state index contributed by atoms with van der Waals surface area (Å²) in [7, 11) is 1.41.